The first kappa shape index (κ1) is 21.9. The molecule has 0 saturated heterocycles. The van der Waals surface area contributed by atoms with E-state index >= 15 is 0 Å². The number of para-hydroxylation sites is 1. The minimum absolute atomic E-state index is 0.116. The van der Waals surface area contributed by atoms with Crippen molar-refractivity contribution in [1.29, 1.82) is 0 Å². The molecule has 0 aliphatic rings. The normalized spacial score (nSPS) is 10.8. The number of rotatable bonds is 7. The highest BCUT2D eigenvalue weighted by atomic mass is 35.5. The summed E-state index contributed by atoms with van der Waals surface area (Å²) < 4.78 is 6.78. The molecule has 2 heterocycles. The molecule has 0 saturated carbocycles. The Balaban J connectivity index is 1.48. The predicted molar refractivity (Wildman–Crippen MR) is 125 cm³/mol. The van der Waals surface area contributed by atoms with Gasteiger partial charge in [-0.3, -0.25) is 4.79 Å². The van der Waals surface area contributed by atoms with E-state index in [0.29, 0.717) is 21.3 Å². The zero-order chi connectivity index (χ0) is 22.5. The van der Waals surface area contributed by atoms with E-state index in [9.17, 15) is 9.59 Å². The molecular weight excluding hydrogens is 448 g/mol. The molecule has 0 fully saturated rings. The molecule has 1 amide bonds. The summed E-state index contributed by atoms with van der Waals surface area (Å²) in [6.07, 6.45) is 3.40. The van der Waals surface area contributed by atoms with Crippen LogP contribution in [-0.2, 0) is 9.53 Å². The van der Waals surface area contributed by atoms with E-state index < -0.39 is 5.97 Å². The molecule has 2 aromatic carbocycles. The second-order valence-corrected chi connectivity index (χ2v) is 8.10. The van der Waals surface area contributed by atoms with Gasteiger partial charge in [0.15, 0.2) is 0 Å². The number of hydrogen-bond donors (Lipinski definition) is 1. The average Bonchev–Trinajstić information content (AvgIpc) is 3.23. The van der Waals surface area contributed by atoms with Crippen LogP contribution in [0.5, 0.6) is 0 Å². The maximum atomic E-state index is 12.6. The van der Waals surface area contributed by atoms with E-state index in [4.69, 9.17) is 16.3 Å². The van der Waals surface area contributed by atoms with Crippen molar-refractivity contribution in [2.24, 2.45) is 0 Å². The Morgan fingerprint density at radius 1 is 1.16 bits per heavy atom. The largest absolute Gasteiger partial charge is 0.462 e. The molecular formula is C23H19ClN4O3S. The van der Waals surface area contributed by atoms with E-state index in [1.54, 1.807) is 48.1 Å². The molecule has 0 atom stereocenters. The molecule has 1 N–H and O–H groups in total. The number of halogens is 1. The highest BCUT2D eigenvalue weighted by Crippen LogP contribution is 2.27. The summed E-state index contributed by atoms with van der Waals surface area (Å²) in [5.41, 5.74) is 3.24. The van der Waals surface area contributed by atoms with Gasteiger partial charge in [0, 0.05) is 23.0 Å². The number of benzene rings is 2. The van der Waals surface area contributed by atoms with E-state index in [0.717, 1.165) is 16.8 Å². The Morgan fingerprint density at radius 2 is 1.94 bits per heavy atom. The molecule has 0 aliphatic heterocycles. The molecule has 2 aromatic heterocycles. The molecule has 162 valence electrons. The highest BCUT2D eigenvalue weighted by Gasteiger charge is 2.15. The van der Waals surface area contributed by atoms with E-state index in [-0.39, 0.29) is 18.3 Å². The number of esters is 1. The summed E-state index contributed by atoms with van der Waals surface area (Å²) in [4.78, 5) is 29.1. The monoisotopic (exact) mass is 466 g/mol. The van der Waals surface area contributed by atoms with Crippen LogP contribution in [0.3, 0.4) is 0 Å². The SMILES string of the molecule is CCOC(=O)c1ccccc1NC(=O)CSc1nccn2nc(-c3ccc(Cl)cc3)cc12. The van der Waals surface area contributed by atoms with Crippen molar-refractivity contribution in [2.45, 2.75) is 11.9 Å². The van der Waals surface area contributed by atoms with Crippen LogP contribution in [0.15, 0.2) is 72.0 Å². The molecule has 0 spiro atoms. The number of ether oxygens (including phenoxy) is 1. The molecule has 7 nitrogen and oxygen atoms in total. The van der Waals surface area contributed by atoms with Crippen molar-refractivity contribution >= 4 is 46.4 Å². The molecule has 0 bridgehead atoms. The van der Waals surface area contributed by atoms with Gasteiger partial charge >= 0.3 is 5.97 Å². The second-order valence-electron chi connectivity index (χ2n) is 6.70. The molecule has 0 unspecified atom stereocenters. The quantitative estimate of drug-likeness (QED) is 0.306. The van der Waals surface area contributed by atoms with Crippen molar-refractivity contribution in [2.75, 3.05) is 17.7 Å². The van der Waals surface area contributed by atoms with Crippen molar-refractivity contribution in [3.63, 3.8) is 0 Å². The first-order valence-electron chi connectivity index (χ1n) is 9.84. The van der Waals surface area contributed by atoms with Gasteiger partial charge in [-0.15, -0.1) is 0 Å². The van der Waals surface area contributed by atoms with Crippen LogP contribution in [0.4, 0.5) is 5.69 Å². The number of nitrogens with zero attached hydrogens (tertiary/aromatic N) is 3. The lowest BCUT2D eigenvalue weighted by Crippen LogP contribution is -2.17. The minimum atomic E-state index is -0.475. The molecule has 0 aliphatic carbocycles. The summed E-state index contributed by atoms with van der Waals surface area (Å²) in [5.74, 6) is -0.616. The Kier molecular flexibility index (Phi) is 6.72. The Bertz CT molecular complexity index is 1270. The fourth-order valence-corrected chi connectivity index (χ4v) is 3.97. The van der Waals surface area contributed by atoms with E-state index in [1.807, 2.05) is 30.3 Å². The smallest absolute Gasteiger partial charge is 0.340 e. The van der Waals surface area contributed by atoms with Gasteiger partial charge in [0.25, 0.3) is 0 Å². The lowest BCUT2D eigenvalue weighted by Gasteiger charge is -2.10. The first-order chi connectivity index (χ1) is 15.5. The van der Waals surface area contributed by atoms with Gasteiger partial charge < -0.3 is 10.1 Å². The summed E-state index contributed by atoms with van der Waals surface area (Å²) in [6.45, 7) is 1.99. The number of carbonyl (C=O) groups is 2. The van der Waals surface area contributed by atoms with Gasteiger partial charge in [-0.05, 0) is 37.3 Å². The minimum Gasteiger partial charge on any atom is -0.462 e. The van der Waals surface area contributed by atoms with Gasteiger partial charge in [-0.2, -0.15) is 5.10 Å². The zero-order valence-electron chi connectivity index (χ0n) is 17.1. The third-order valence-electron chi connectivity index (χ3n) is 4.53. The third-order valence-corrected chi connectivity index (χ3v) is 5.78. The van der Waals surface area contributed by atoms with Crippen molar-refractivity contribution in [1.82, 2.24) is 14.6 Å². The van der Waals surface area contributed by atoms with Crippen LogP contribution >= 0.6 is 23.4 Å². The number of aromatic nitrogens is 3. The zero-order valence-corrected chi connectivity index (χ0v) is 18.7. The molecule has 9 heteroatoms. The van der Waals surface area contributed by atoms with Gasteiger partial charge in [-0.25, -0.2) is 14.3 Å². The molecule has 4 rings (SSSR count). The Hall–Kier alpha value is -3.36. The third kappa shape index (κ3) is 4.92. The molecule has 32 heavy (non-hydrogen) atoms. The number of nitrogens with one attached hydrogen (secondary N) is 1. The van der Waals surface area contributed by atoms with Crippen molar-refractivity contribution in [3.05, 3.63) is 77.6 Å². The summed E-state index contributed by atoms with van der Waals surface area (Å²) in [6, 6.07) is 16.1. The van der Waals surface area contributed by atoms with Gasteiger partial charge in [0.05, 0.1) is 34.8 Å². The number of amides is 1. The van der Waals surface area contributed by atoms with E-state index in [1.165, 1.54) is 11.8 Å². The Morgan fingerprint density at radius 3 is 2.72 bits per heavy atom. The van der Waals surface area contributed by atoms with Crippen LogP contribution in [0.25, 0.3) is 16.8 Å². The summed E-state index contributed by atoms with van der Waals surface area (Å²) >= 11 is 7.26. The van der Waals surface area contributed by atoms with Crippen LogP contribution in [-0.4, -0.2) is 38.8 Å². The maximum Gasteiger partial charge on any atom is 0.340 e. The first-order valence-corrected chi connectivity index (χ1v) is 11.2. The number of carbonyl (C=O) groups excluding carboxylic acids is 2. The average molecular weight is 467 g/mol. The second kappa shape index (κ2) is 9.84. The summed E-state index contributed by atoms with van der Waals surface area (Å²) in [5, 5.41) is 8.70. The van der Waals surface area contributed by atoms with Crippen molar-refractivity contribution in [3.8, 4) is 11.3 Å². The summed E-state index contributed by atoms with van der Waals surface area (Å²) in [7, 11) is 0. The number of hydrogen-bond acceptors (Lipinski definition) is 6. The van der Waals surface area contributed by atoms with Crippen LogP contribution < -0.4 is 5.32 Å². The molecule has 0 radical (unpaired) electrons. The fraction of sp³-hybridized carbons (Fsp3) is 0.130. The maximum absolute atomic E-state index is 12.6. The van der Waals surface area contributed by atoms with Gasteiger partial charge in [-0.1, -0.05) is 47.6 Å². The van der Waals surface area contributed by atoms with Crippen LogP contribution in [0.2, 0.25) is 5.02 Å². The van der Waals surface area contributed by atoms with Crippen LogP contribution in [0.1, 0.15) is 17.3 Å². The van der Waals surface area contributed by atoms with E-state index in [2.05, 4.69) is 15.4 Å². The lowest BCUT2D eigenvalue weighted by atomic mass is 10.1. The number of thioether (sulfide) groups is 1. The Labute approximate surface area is 193 Å². The fourth-order valence-electron chi connectivity index (χ4n) is 3.07. The van der Waals surface area contributed by atoms with Crippen molar-refractivity contribution < 1.29 is 14.3 Å². The van der Waals surface area contributed by atoms with Gasteiger partial charge in [0.1, 0.15) is 5.03 Å². The highest BCUT2D eigenvalue weighted by molar-refractivity contribution is 8.00. The number of anilines is 1. The van der Waals surface area contributed by atoms with Crippen LogP contribution in [0, 0.1) is 0 Å². The number of fused-ring (bicyclic) bond motifs is 1. The standard InChI is InChI=1S/C23H19ClN4O3S/c1-2-31-23(30)17-5-3-4-6-18(17)26-21(29)14-32-22-20-13-19(27-28(20)12-11-25-22)15-7-9-16(24)10-8-15/h3-13H,2,14H2,1H3,(H,26,29). The van der Waals surface area contributed by atoms with Gasteiger partial charge in [0.2, 0.25) is 5.91 Å². The predicted octanol–water partition coefficient (Wildman–Crippen LogP) is 4.96. The molecule has 4 aromatic rings. The lowest BCUT2D eigenvalue weighted by molar-refractivity contribution is -0.113. The topological polar surface area (TPSA) is 85.6 Å².